The van der Waals surface area contributed by atoms with Gasteiger partial charge in [-0.15, -0.1) is 116 Å². The van der Waals surface area contributed by atoms with Crippen LogP contribution >= 0.6 is 209 Å². The zero-order chi connectivity index (χ0) is 78.5. The molecule has 9 nitrogen and oxygen atoms in total. The van der Waals surface area contributed by atoms with E-state index >= 15 is 0 Å². The van der Waals surface area contributed by atoms with Crippen molar-refractivity contribution in [3.63, 3.8) is 0 Å². The molecule has 0 saturated heterocycles. The fourth-order valence-electron chi connectivity index (χ4n) is 11.2. The number of aryl methyl sites for hydroxylation is 13. The summed E-state index contributed by atoms with van der Waals surface area (Å²) in [6.07, 6.45) is 4.45. The molecule has 10 rings (SSSR count). The van der Waals surface area contributed by atoms with Crippen molar-refractivity contribution in [1.82, 2.24) is 24.1 Å². The van der Waals surface area contributed by atoms with Gasteiger partial charge in [-0.05, 0) is 348 Å². The van der Waals surface area contributed by atoms with Gasteiger partial charge in [-0.3, -0.25) is 0 Å². The van der Waals surface area contributed by atoms with E-state index in [2.05, 4.69) is 259 Å². The average Bonchev–Trinajstić information content (AvgIpc) is 0.980. The first-order valence-corrected chi connectivity index (χ1v) is 76.6. The monoisotopic (exact) mass is 2000 g/mol. The molecule has 575 valence electrons. The first-order chi connectivity index (χ1) is 50.6. The molecule has 10 aromatic rings. The minimum absolute atomic E-state index is 0. The van der Waals surface area contributed by atoms with Crippen LogP contribution in [0.5, 0.6) is 0 Å². The molecule has 0 fully saturated rings. The Morgan fingerprint density at radius 3 is 1.08 bits per heavy atom. The van der Waals surface area contributed by atoms with Crippen LogP contribution in [0.1, 0.15) is 89.9 Å². The molecule has 5 heterocycles. The molecule has 0 saturated carbocycles. The first kappa shape index (κ1) is 98.9. The van der Waals surface area contributed by atoms with E-state index in [1.807, 2.05) is 43.3 Å². The van der Waals surface area contributed by atoms with Crippen LogP contribution in [0.2, 0.25) is 0 Å². The zero-order valence-corrected chi connectivity index (χ0v) is 88.6. The second kappa shape index (κ2) is 49.7. The van der Waals surface area contributed by atoms with Crippen LogP contribution in [0.3, 0.4) is 0 Å². The molecule has 5 aromatic heterocycles. The number of nitrogen functional groups attached to an aromatic ring is 1. The largest absolute Gasteiger partial charge is 0.384 e. The molecule has 0 spiro atoms. The zero-order valence-electron chi connectivity index (χ0n) is 60.8. The van der Waals surface area contributed by atoms with Crippen molar-refractivity contribution < 1.29 is 36.1 Å². The molecule has 39 heteroatoms. The van der Waals surface area contributed by atoms with E-state index in [1.54, 1.807) is 30.3 Å². The number of rotatable bonds is 27. The normalized spacial score (nSPS) is 11.9. The Bertz CT molecular complexity index is 4490. The topological polar surface area (TPSA) is 122 Å². The Morgan fingerprint density at radius 1 is 0.389 bits per heavy atom. The summed E-state index contributed by atoms with van der Waals surface area (Å²) in [6.45, 7) is 15.9. The molecular weight excluding hydrogens is 1910 g/mol. The molecule has 4 N–H and O–H groups in total. The van der Waals surface area contributed by atoms with Crippen LogP contribution in [0, 0.1) is 83.1 Å². The maximum absolute atomic E-state index is 14.2. The molecule has 5 aromatic carbocycles. The SMILES string of the molecule is Cc1cc(CCc2cc(Br)cc(C#N)c2)nc(-n2c(C)ccc2C)c1.Cc1cc(CCc2cc(F)cc(NCc3ccc(F)cc3)c2)nc(-n2c(C)ccc2C)c1.Cc1cc(N)nc(CCc2cc(F)cc(NCc3ccc(F)cc3)c2)c1.PP(P)P(P)P(P(P)P)P(P(P(P)P)P(P)P)P(P(P)P)P(P)P.[V]. The molecule has 0 amide bonds. The fourth-order valence-corrected chi connectivity index (χ4v) is 301. The Balaban J connectivity index is 0.000000226. The Hall–Kier alpha value is 2.10. The van der Waals surface area contributed by atoms with Crippen LogP contribution in [0.4, 0.5) is 34.8 Å². The minimum Gasteiger partial charge on any atom is -0.384 e. The molecule has 15 atom stereocenters. The first-order valence-electron chi connectivity index (χ1n) is 32.9. The van der Waals surface area contributed by atoms with Gasteiger partial charge >= 0.3 is 0 Å². The van der Waals surface area contributed by atoms with Gasteiger partial charge in [0.2, 0.25) is 0 Å². The number of nitrogens with two attached hydrogens (primary N) is 1. The Morgan fingerprint density at radius 2 is 0.741 bits per heavy atom. The van der Waals surface area contributed by atoms with Crippen molar-refractivity contribution in [2.24, 2.45) is 0 Å². The van der Waals surface area contributed by atoms with E-state index in [0.717, 1.165) is 103 Å². The summed E-state index contributed by atoms with van der Waals surface area (Å²) in [5, 5.41) is 15.5. The maximum atomic E-state index is 14.2. The molecule has 0 aliphatic carbocycles. The van der Waals surface area contributed by atoms with E-state index in [0.29, 0.717) is 55.1 Å². The number of hydrogen-bond acceptors (Lipinski definition) is 7. The van der Waals surface area contributed by atoms with Crippen molar-refractivity contribution in [3.05, 3.63) is 281 Å². The molecule has 0 aliphatic heterocycles. The van der Waals surface area contributed by atoms with Crippen molar-refractivity contribution in [2.45, 2.75) is 100 Å². The van der Waals surface area contributed by atoms with Crippen LogP contribution in [-0.2, 0) is 70.2 Å². The number of anilines is 3. The third kappa shape index (κ3) is 32.6. The number of hydrogen-bond donors (Lipinski definition) is 3. The molecule has 0 bridgehead atoms. The van der Waals surface area contributed by atoms with Gasteiger partial charge in [-0.25, -0.2) is 32.5 Å². The van der Waals surface area contributed by atoms with E-state index < -0.39 is 0 Å². The molecule has 0 aliphatic rings. The number of benzene rings is 5. The maximum Gasteiger partial charge on any atom is 0.137 e. The van der Waals surface area contributed by atoms with Crippen LogP contribution < -0.4 is 16.4 Å². The predicted molar refractivity (Wildman–Crippen MR) is 533 cm³/mol. The Labute approximate surface area is 700 Å². The van der Waals surface area contributed by atoms with Gasteiger partial charge in [0.15, 0.2) is 0 Å². The minimum atomic E-state index is -0.291. The third-order valence-corrected chi connectivity index (χ3v) is 171. The molecule has 15 unspecified atom stereocenters. The van der Waals surface area contributed by atoms with E-state index in [4.69, 9.17) is 21.0 Å². The Kier molecular flexibility index (Phi) is 45.6. The standard InChI is InChI=1S/C27H27F2N3.C21H20BrN3.C21H21F2N3.H26P24.V/c1-18-12-25(31-27(13-18)32-19(2)4-5-20(32)3)11-8-22-14-24(29)16-26(15-22)30-17-21-6-9-23(28)10-7-21;1-14-8-20(7-6-17-10-18(13-23)12-19(22)11-17)24-21(9-14)25-15(2)4-5-16(25)3;1-14-8-19(26-21(24)9-14)7-4-16-10-18(23)12-20(11-16)25-13-15-2-5-17(22)6-3-15;1-14(2)20(13)23(19(11)12)24(21(15(3)4)16(5)6)22(17(7)8)18(9)10;/h4-7,9-10,12-16,30H,8,11,17H2,1-3H3;4-5,8-12H,6-7H2,1-3H3;2-3,5-6,8-12,25H,4,7,13H2,1H3,(H2,24,26);1-13H2;. The van der Waals surface area contributed by atoms with E-state index in [-0.39, 0.29) is 119 Å². The van der Waals surface area contributed by atoms with Gasteiger partial charge in [0.25, 0.3) is 0 Å². The number of nitrogens with zero attached hydrogens (tertiary/aromatic N) is 6. The predicted octanol–water partition coefficient (Wildman–Crippen LogP) is 30.0. The fraction of sp³-hybridized carbons (Fsp3) is 0.217. The van der Waals surface area contributed by atoms with Gasteiger partial charge in [0.1, 0.15) is 40.7 Å². The van der Waals surface area contributed by atoms with Crippen molar-refractivity contribution in [3.8, 4) is 17.7 Å². The summed E-state index contributed by atoms with van der Waals surface area (Å²) in [7, 11) is 41.8. The number of aromatic nitrogens is 5. The third-order valence-electron chi connectivity index (χ3n) is 15.8. The summed E-state index contributed by atoms with van der Waals surface area (Å²) in [5.74, 6) is 1.29. The van der Waals surface area contributed by atoms with E-state index in [9.17, 15) is 17.6 Å². The quantitative estimate of drug-likeness (QED) is 0.0346. The van der Waals surface area contributed by atoms with Crippen LogP contribution in [0.25, 0.3) is 11.6 Å². The summed E-state index contributed by atoms with van der Waals surface area (Å²) < 4.78 is 59.5. The van der Waals surface area contributed by atoms with Crippen molar-refractivity contribution >= 4 is 226 Å². The van der Waals surface area contributed by atoms with Crippen LogP contribution in [0.15, 0.2) is 168 Å². The number of nitrogens with one attached hydrogen (secondary N) is 2. The van der Waals surface area contributed by atoms with Gasteiger partial charge in [-0.1, -0.05) is 40.2 Å². The number of halogens is 5. The second-order valence-corrected chi connectivity index (χ2v) is 121. The molecule has 108 heavy (non-hydrogen) atoms. The summed E-state index contributed by atoms with van der Waals surface area (Å²) in [6, 6.07) is 51.2. The second-order valence-electron chi connectivity index (χ2n) is 24.7. The number of nitriles is 1. The summed E-state index contributed by atoms with van der Waals surface area (Å²) in [5.41, 5.74) is 23.7. The van der Waals surface area contributed by atoms with Crippen LogP contribution in [-0.4, -0.2) is 24.1 Å². The van der Waals surface area contributed by atoms with Gasteiger partial charge < -0.3 is 25.5 Å². The average molecular weight is 2000 g/mol. The molecule has 1 radical (unpaired) electrons. The molecular formula is C69H94BrF4N9P24V. The smallest absolute Gasteiger partial charge is 0.137 e. The van der Waals surface area contributed by atoms with Gasteiger partial charge in [0, 0.05) is 87.4 Å². The van der Waals surface area contributed by atoms with Crippen molar-refractivity contribution in [1.29, 1.82) is 5.26 Å². The van der Waals surface area contributed by atoms with E-state index in [1.165, 1.54) is 59.4 Å². The van der Waals surface area contributed by atoms with Gasteiger partial charge in [0.05, 0.1) is 11.6 Å². The summed E-state index contributed by atoms with van der Waals surface area (Å²) >= 11 is 3.48. The van der Waals surface area contributed by atoms with Gasteiger partial charge in [-0.2, -0.15) is 5.26 Å². The summed E-state index contributed by atoms with van der Waals surface area (Å²) in [4.78, 5) is 14.0. The number of pyridine rings is 3. The van der Waals surface area contributed by atoms with Crippen molar-refractivity contribution in [2.75, 3.05) is 16.4 Å².